The van der Waals surface area contributed by atoms with Gasteiger partial charge in [0.15, 0.2) is 11.6 Å². The van der Waals surface area contributed by atoms with Gasteiger partial charge in [0, 0.05) is 19.2 Å². The molecule has 1 unspecified atom stereocenters. The highest BCUT2D eigenvalue weighted by atomic mass is 19.1. The number of carbonyl (C=O) groups is 2. The van der Waals surface area contributed by atoms with Crippen molar-refractivity contribution in [2.24, 2.45) is 0 Å². The molecule has 4 aromatic rings. The van der Waals surface area contributed by atoms with E-state index in [4.69, 9.17) is 9.47 Å². The first-order valence-corrected chi connectivity index (χ1v) is 13.5. The number of hydrogen-bond donors (Lipinski definition) is 2. The van der Waals surface area contributed by atoms with Crippen molar-refractivity contribution in [2.45, 2.75) is 25.3 Å². The van der Waals surface area contributed by atoms with Crippen LogP contribution >= 0.6 is 0 Å². The topological polar surface area (TPSA) is 101 Å². The summed E-state index contributed by atoms with van der Waals surface area (Å²) >= 11 is 0. The quantitative estimate of drug-likeness (QED) is 0.361. The van der Waals surface area contributed by atoms with Crippen molar-refractivity contribution in [3.63, 3.8) is 0 Å². The van der Waals surface area contributed by atoms with Crippen LogP contribution in [0.1, 0.15) is 45.2 Å². The minimum atomic E-state index is -0.529. The van der Waals surface area contributed by atoms with Gasteiger partial charge in [0.05, 0.1) is 19.1 Å². The smallest absolute Gasteiger partial charge is 0.271 e. The number of benzene rings is 3. The van der Waals surface area contributed by atoms with Gasteiger partial charge in [0.2, 0.25) is 11.5 Å². The second-order valence-electron chi connectivity index (χ2n) is 10.1. The zero-order valence-corrected chi connectivity index (χ0v) is 22.2. The number of ether oxygens (including phenoxy) is 2. The van der Waals surface area contributed by atoms with Crippen LogP contribution in [-0.2, 0) is 17.6 Å². The number of halogens is 1. The lowest BCUT2D eigenvalue weighted by Crippen LogP contribution is -2.41. The molecule has 8 nitrogen and oxygen atoms in total. The number of nitrogens with zero attached hydrogens (tertiary/aromatic N) is 1. The number of amides is 2. The molecule has 3 aliphatic heterocycles. The highest BCUT2D eigenvalue weighted by Gasteiger charge is 2.33. The number of fused-ring (bicyclic) bond motifs is 7. The Hall–Kier alpha value is -4.92. The molecule has 9 heteroatoms. The van der Waals surface area contributed by atoms with Gasteiger partial charge < -0.3 is 24.7 Å². The van der Waals surface area contributed by atoms with Crippen LogP contribution in [0.25, 0.3) is 0 Å². The molecule has 7 rings (SSSR count). The average Bonchev–Trinajstić information content (AvgIpc) is 2.97. The molecule has 2 N–H and O–H groups in total. The summed E-state index contributed by atoms with van der Waals surface area (Å²) in [5, 5.41) is 2.87. The second-order valence-corrected chi connectivity index (χ2v) is 10.1. The van der Waals surface area contributed by atoms with Crippen LogP contribution in [0.4, 0.5) is 4.39 Å². The van der Waals surface area contributed by atoms with Crippen molar-refractivity contribution >= 4 is 11.8 Å². The van der Waals surface area contributed by atoms with Gasteiger partial charge in [-0.15, -0.1) is 0 Å². The second kappa shape index (κ2) is 11.3. The van der Waals surface area contributed by atoms with Gasteiger partial charge in [-0.05, 0) is 77.6 Å². The Morgan fingerprint density at radius 3 is 2.71 bits per heavy atom. The van der Waals surface area contributed by atoms with Crippen molar-refractivity contribution in [1.82, 2.24) is 15.2 Å². The first-order valence-electron chi connectivity index (χ1n) is 13.5. The van der Waals surface area contributed by atoms with Crippen molar-refractivity contribution in [3.05, 3.63) is 123 Å². The number of hydrogen-bond acceptors (Lipinski definition) is 5. The summed E-state index contributed by atoms with van der Waals surface area (Å²) in [4.78, 5) is 42.5. The summed E-state index contributed by atoms with van der Waals surface area (Å²) < 4.78 is 26.6. The number of rotatable bonds is 1. The number of carbonyl (C=O) groups excluding carboxylic acids is 2. The average molecular weight is 554 g/mol. The van der Waals surface area contributed by atoms with Gasteiger partial charge in [-0.3, -0.25) is 14.4 Å². The monoisotopic (exact) mass is 553 g/mol. The summed E-state index contributed by atoms with van der Waals surface area (Å²) in [6, 6.07) is 21.6. The number of aromatic amines is 1. The molecule has 2 amide bonds. The van der Waals surface area contributed by atoms with Gasteiger partial charge in [-0.2, -0.15) is 0 Å². The van der Waals surface area contributed by atoms with Gasteiger partial charge in [0.1, 0.15) is 17.2 Å². The molecule has 41 heavy (non-hydrogen) atoms. The molecule has 4 heterocycles. The fourth-order valence-corrected chi connectivity index (χ4v) is 5.35. The highest BCUT2D eigenvalue weighted by Crippen LogP contribution is 2.39. The number of pyridine rings is 1. The summed E-state index contributed by atoms with van der Waals surface area (Å²) in [5.41, 5.74) is 3.19. The van der Waals surface area contributed by atoms with E-state index in [2.05, 4.69) is 10.3 Å². The molecule has 1 atom stereocenters. The van der Waals surface area contributed by atoms with Crippen LogP contribution < -0.4 is 20.3 Å². The summed E-state index contributed by atoms with van der Waals surface area (Å²) in [6.07, 6.45) is 1.22. The SMILES string of the molecule is O=C1Cc2ccc(F)c(c2)Oc2ccc3c(c2)CCN(C(=O)c2cccc(=O)[nH]2)C3c2cccc(c2)OCCCN1. The molecule has 0 radical (unpaired) electrons. The van der Waals surface area contributed by atoms with E-state index in [0.29, 0.717) is 49.6 Å². The maximum atomic E-state index is 14.7. The standard InChI is InChI=1S/C32H28FN3O5/c33-26-11-8-20-16-28(26)41-24-9-10-25-21(18-24)12-14-36(32(39)27-6-2-7-29(37)35-27)31(25)22-4-1-5-23(19-22)40-15-3-13-34-30(38)17-20/h1-2,4-11,16,18-19,31H,3,12-15,17H2,(H,34,38)(H,35,37). The Kier molecular flexibility index (Phi) is 7.24. The normalized spacial score (nSPS) is 16.9. The molecule has 0 saturated heterocycles. The van der Waals surface area contributed by atoms with Crippen LogP contribution in [0.2, 0.25) is 0 Å². The van der Waals surface area contributed by atoms with Crippen LogP contribution in [0.5, 0.6) is 17.2 Å². The summed E-state index contributed by atoms with van der Waals surface area (Å²) in [7, 11) is 0. The lowest BCUT2D eigenvalue weighted by Gasteiger charge is -2.38. The van der Waals surface area contributed by atoms with Gasteiger partial charge in [0.25, 0.3) is 5.91 Å². The lowest BCUT2D eigenvalue weighted by molar-refractivity contribution is -0.120. The maximum absolute atomic E-state index is 14.7. The third-order valence-corrected chi connectivity index (χ3v) is 7.28. The third kappa shape index (κ3) is 5.70. The molecule has 8 bridgehead atoms. The molecule has 208 valence electrons. The fraction of sp³-hybridized carbons (Fsp3) is 0.219. The van der Waals surface area contributed by atoms with E-state index in [-0.39, 0.29) is 35.2 Å². The summed E-state index contributed by atoms with van der Waals surface area (Å²) in [5.74, 6) is 0.131. The van der Waals surface area contributed by atoms with Crippen LogP contribution in [0.3, 0.4) is 0 Å². The molecule has 1 aromatic heterocycles. The minimum absolute atomic E-state index is 0.0338. The Morgan fingerprint density at radius 2 is 1.83 bits per heavy atom. The van der Waals surface area contributed by atoms with Crippen LogP contribution in [-0.4, -0.2) is 41.4 Å². The zero-order valence-electron chi connectivity index (χ0n) is 22.2. The molecular formula is C32H28FN3O5. The Balaban J connectivity index is 1.43. The molecule has 0 spiro atoms. The highest BCUT2D eigenvalue weighted by molar-refractivity contribution is 5.93. The largest absolute Gasteiger partial charge is 0.494 e. The maximum Gasteiger partial charge on any atom is 0.271 e. The van der Waals surface area contributed by atoms with E-state index < -0.39 is 11.9 Å². The molecule has 0 saturated carbocycles. The van der Waals surface area contributed by atoms with E-state index >= 15 is 0 Å². The van der Waals surface area contributed by atoms with E-state index in [1.807, 2.05) is 36.4 Å². The molecule has 0 fully saturated rings. The predicted molar refractivity (Wildman–Crippen MR) is 150 cm³/mol. The van der Waals surface area contributed by atoms with Crippen LogP contribution in [0, 0.1) is 5.82 Å². The van der Waals surface area contributed by atoms with Crippen LogP contribution in [0.15, 0.2) is 83.7 Å². The molecule has 3 aliphatic rings. The number of nitrogens with one attached hydrogen (secondary N) is 2. The molecular weight excluding hydrogens is 525 g/mol. The number of aromatic nitrogens is 1. The Bertz CT molecular complexity index is 1680. The first kappa shape index (κ1) is 26.3. The van der Waals surface area contributed by atoms with Gasteiger partial charge in [-0.1, -0.05) is 30.3 Å². The Morgan fingerprint density at radius 1 is 0.951 bits per heavy atom. The van der Waals surface area contributed by atoms with E-state index in [1.165, 1.54) is 12.1 Å². The minimum Gasteiger partial charge on any atom is -0.494 e. The van der Waals surface area contributed by atoms with E-state index in [9.17, 15) is 18.8 Å². The van der Waals surface area contributed by atoms with Crippen molar-refractivity contribution in [2.75, 3.05) is 19.7 Å². The molecule has 0 aliphatic carbocycles. The van der Waals surface area contributed by atoms with Crippen molar-refractivity contribution in [3.8, 4) is 17.2 Å². The van der Waals surface area contributed by atoms with E-state index in [1.54, 1.807) is 35.2 Å². The van der Waals surface area contributed by atoms with Crippen molar-refractivity contribution < 1.29 is 23.5 Å². The Labute approximate surface area is 235 Å². The zero-order chi connectivity index (χ0) is 28.3. The first-order chi connectivity index (χ1) is 19.9. The summed E-state index contributed by atoms with van der Waals surface area (Å²) in [6.45, 7) is 1.20. The van der Waals surface area contributed by atoms with Gasteiger partial charge in [-0.25, -0.2) is 4.39 Å². The molecule has 3 aromatic carbocycles. The van der Waals surface area contributed by atoms with Crippen molar-refractivity contribution in [1.29, 1.82) is 0 Å². The van der Waals surface area contributed by atoms with E-state index in [0.717, 1.165) is 16.7 Å². The van der Waals surface area contributed by atoms with Gasteiger partial charge >= 0.3 is 0 Å². The number of H-pyrrole nitrogens is 1. The fourth-order valence-electron chi connectivity index (χ4n) is 5.35. The predicted octanol–water partition coefficient (Wildman–Crippen LogP) is 4.54. The lowest BCUT2D eigenvalue weighted by atomic mass is 9.87. The third-order valence-electron chi connectivity index (χ3n) is 7.28.